The quantitative estimate of drug-likeness (QED) is 0.325. The van der Waals surface area contributed by atoms with Crippen LogP contribution in [0.3, 0.4) is 0 Å². The Morgan fingerprint density at radius 1 is 1.34 bits per heavy atom. The number of rotatable bonds is 11. The van der Waals surface area contributed by atoms with Gasteiger partial charge in [-0.25, -0.2) is 4.79 Å². The number of anilines is 1. The molecule has 1 aromatic heterocycles. The molecule has 2 rings (SSSR count). The second-order valence-corrected chi connectivity index (χ2v) is 9.08. The predicted molar refractivity (Wildman–Crippen MR) is 123 cm³/mol. The number of hydrogen-bond acceptors (Lipinski definition) is 6. The minimum Gasteiger partial charge on any atom is -0.465 e. The van der Waals surface area contributed by atoms with Gasteiger partial charge >= 0.3 is 5.97 Å². The van der Waals surface area contributed by atoms with Crippen molar-refractivity contribution in [2.75, 3.05) is 30.7 Å². The van der Waals surface area contributed by atoms with Crippen LogP contribution in [0.5, 0.6) is 0 Å². The number of allylic oxidation sites excluding steroid dienone is 2. The molecule has 7 heteroatoms. The number of amides is 1. The minimum absolute atomic E-state index is 0.0230. The smallest absolute Gasteiger partial charge is 0.350 e. The van der Waals surface area contributed by atoms with Crippen LogP contribution in [0.15, 0.2) is 12.1 Å². The van der Waals surface area contributed by atoms with E-state index in [4.69, 9.17) is 9.47 Å². The van der Waals surface area contributed by atoms with Gasteiger partial charge in [-0.15, -0.1) is 23.1 Å². The lowest BCUT2D eigenvalue weighted by molar-refractivity contribution is -0.118. The number of nitrogens with zero attached hydrogens (tertiary/aromatic N) is 1. The molecule has 0 saturated carbocycles. The second-order valence-electron chi connectivity index (χ2n) is 7.22. The SMILES string of the molecule is CCC(=O)N(CCCC(C)OCSC)c1cc(C2=CCCCC2)sc1C(=O)OC. The number of thiophene rings is 1. The third kappa shape index (κ3) is 6.86. The zero-order valence-corrected chi connectivity index (χ0v) is 19.6. The molecule has 0 radical (unpaired) electrons. The van der Waals surface area contributed by atoms with E-state index in [1.54, 1.807) is 16.7 Å². The highest BCUT2D eigenvalue weighted by Crippen LogP contribution is 2.38. The van der Waals surface area contributed by atoms with E-state index >= 15 is 0 Å². The van der Waals surface area contributed by atoms with Crippen LogP contribution in [0.4, 0.5) is 5.69 Å². The normalized spacial score (nSPS) is 15.0. The molecule has 0 N–H and O–H groups in total. The number of carbonyl (C=O) groups excluding carboxylic acids is 2. The standard InChI is InChI=1S/C22H33NO4S2/c1-5-20(24)23(13-9-10-16(2)27-15-28-4)18-14-19(17-11-7-6-8-12-17)29-21(18)22(25)26-3/h11,14,16H,5-10,12-13,15H2,1-4H3. The zero-order valence-electron chi connectivity index (χ0n) is 18.0. The average Bonchev–Trinajstić information content (AvgIpc) is 3.19. The van der Waals surface area contributed by atoms with Gasteiger partial charge in [-0.05, 0) is 63.3 Å². The summed E-state index contributed by atoms with van der Waals surface area (Å²) in [6, 6.07) is 2.01. The van der Waals surface area contributed by atoms with E-state index in [1.165, 1.54) is 30.4 Å². The Hall–Kier alpha value is -1.31. The molecule has 0 fully saturated rings. The summed E-state index contributed by atoms with van der Waals surface area (Å²) in [4.78, 5) is 28.5. The molecule has 0 spiro atoms. The lowest BCUT2D eigenvalue weighted by Crippen LogP contribution is -2.32. The van der Waals surface area contributed by atoms with Crippen LogP contribution in [0.1, 0.15) is 73.3 Å². The largest absolute Gasteiger partial charge is 0.465 e. The first kappa shape index (κ1) is 24.0. The fourth-order valence-corrected chi connectivity index (χ4v) is 4.93. The van der Waals surface area contributed by atoms with Gasteiger partial charge in [-0.1, -0.05) is 13.0 Å². The first-order valence-corrected chi connectivity index (χ1v) is 12.5. The topological polar surface area (TPSA) is 55.8 Å². The van der Waals surface area contributed by atoms with E-state index in [0.717, 1.165) is 37.0 Å². The predicted octanol–water partition coefficient (Wildman–Crippen LogP) is 5.74. The highest BCUT2D eigenvalue weighted by atomic mass is 32.2. The molecule has 1 aliphatic carbocycles. The Morgan fingerprint density at radius 3 is 2.76 bits per heavy atom. The molecule has 1 unspecified atom stereocenters. The molecule has 0 aliphatic heterocycles. The molecular formula is C22H33NO4S2. The molecule has 1 aliphatic rings. The van der Waals surface area contributed by atoms with Gasteiger partial charge in [0.25, 0.3) is 0 Å². The summed E-state index contributed by atoms with van der Waals surface area (Å²) in [6.07, 6.45) is 11.0. The van der Waals surface area contributed by atoms with Crippen molar-refractivity contribution < 1.29 is 19.1 Å². The number of ether oxygens (including phenoxy) is 2. The summed E-state index contributed by atoms with van der Waals surface area (Å²) in [7, 11) is 1.39. The Morgan fingerprint density at radius 2 is 2.14 bits per heavy atom. The van der Waals surface area contributed by atoms with E-state index in [9.17, 15) is 9.59 Å². The molecular weight excluding hydrogens is 406 g/mol. The first-order valence-electron chi connectivity index (χ1n) is 10.3. The summed E-state index contributed by atoms with van der Waals surface area (Å²) >= 11 is 3.10. The van der Waals surface area contributed by atoms with Gasteiger partial charge in [0.05, 0.1) is 24.8 Å². The zero-order chi connectivity index (χ0) is 21.2. The number of thioether (sulfide) groups is 1. The van der Waals surface area contributed by atoms with Gasteiger partial charge in [0.15, 0.2) is 0 Å². The van der Waals surface area contributed by atoms with Crippen LogP contribution in [-0.2, 0) is 14.3 Å². The van der Waals surface area contributed by atoms with Crippen LogP contribution < -0.4 is 4.90 Å². The fourth-order valence-electron chi connectivity index (χ4n) is 3.42. The molecule has 1 heterocycles. The molecule has 1 aromatic rings. The van der Waals surface area contributed by atoms with Crippen LogP contribution >= 0.6 is 23.1 Å². The molecule has 5 nitrogen and oxygen atoms in total. The average molecular weight is 440 g/mol. The summed E-state index contributed by atoms with van der Waals surface area (Å²) in [5.74, 6) is 0.321. The molecule has 29 heavy (non-hydrogen) atoms. The number of hydrogen-bond donors (Lipinski definition) is 0. The van der Waals surface area contributed by atoms with Crippen LogP contribution in [0.2, 0.25) is 0 Å². The number of carbonyl (C=O) groups is 2. The van der Waals surface area contributed by atoms with Gasteiger partial charge in [0.2, 0.25) is 5.91 Å². The highest BCUT2D eigenvalue weighted by molar-refractivity contribution is 7.98. The Kier molecular flexibility index (Phi) is 10.2. The van der Waals surface area contributed by atoms with E-state index in [0.29, 0.717) is 29.5 Å². The monoisotopic (exact) mass is 439 g/mol. The van der Waals surface area contributed by atoms with Gasteiger partial charge in [0, 0.05) is 17.8 Å². The maximum atomic E-state index is 12.7. The lowest BCUT2D eigenvalue weighted by Gasteiger charge is -2.23. The summed E-state index contributed by atoms with van der Waals surface area (Å²) in [6.45, 7) is 4.48. The third-order valence-corrected chi connectivity index (χ3v) is 6.60. The third-order valence-electron chi connectivity index (χ3n) is 5.05. The minimum atomic E-state index is -0.377. The van der Waals surface area contributed by atoms with E-state index in [2.05, 4.69) is 13.0 Å². The summed E-state index contributed by atoms with van der Waals surface area (Å²) < 4.78 is 10.7. The Labute approximate surface area is 182 Å². The van der Waals surface area contributed by atoms with Crippen molar-refractivity contribution in [3.8, 4) is 0 Å². The van der Waals surface area contributed by atoms with Crippen molar-refractivity contribution in [2.45, 2.75) is 64.9 Å². The van der Waals surface area contributed by atoms with Crippen molar-refractivity contribution in [3.05, 3.63) is 21.9 Å². The van der Waals surface area contributed by atoms with Crippen LogP contribution in [0.25, 0.3) is 5.57 Å². The number of esters is 1. The first-order chi connectivity index (χ1) is 14.0. The van der Waals surface area contributed by atoms with Crippen molar-refractivity contribution in [3.63, 3.8) is 0 Å². The molecule has 0 aromatic carbocycles. The van der Waals surface area contributed by atoms with Gasteiger partial charge < -0.3 is 14.4 Å². The highest BCUT2D eigenvalue weighted by Gasteiger charge is 2.26. The van der Waals surface area contributed by atoms with Gasteiger partial charge in [-0.2, -0.15) is 0 Å². The Balaban J connectivity index is 2.24. The summed E-state index contributed by atoms with van der Waals surface area (Å²) in [5, 5.41) is 0. The van der Waals surface area contributed by atoms with E-state index in [-0.39, 0.29) is 18.0 Å². The van der Waals surface area contributed by atoms with Crippen molar-refractivity contribution in [1.82, 2.24) is 0 Å². The van der Waals surface area contributed by atoms with Crippen molar-refractivity contribution >= 4 is 46.2 Å². The Bertz CT molecular complexity index is 714. The van der Waals surface area contributed by atoms with Crippen LogP contribution in [0, 0.1) is 0 Å². The molecule has 1 amide bonds. The van der Waals surface area contributed by atoms with Gasteiger partial charge in [-0.3, -0.25) is 4.79 Å². The number of methoxy groups -OCH3 is 1. The van der Waals surface area contributed by atoms with Crippen molar-refractivity contribution in [2.24, 2.45) is 0 Å². The summed E-state index contributed by atoms with van der Waals surface area (Å²) in [5.41, 5.74) is 1.97. The van der Waals surface area contributed by atoms with Crippen molar-refractivity contribution in [1.29, 1.82) is 0 Å². The lowest BCUT2D eigenvalue weighted by atomic mass is 9.98. The molecule has 162 valence electrons. The van der Waals surface area contributed by atoms with E-state index in [1.807, 2.05) is 19.2 Å². The molecule has 0 saturated heterocycles. The van der Waals surface area contributed by atoms with E-state index < -0.39 is 0 Å². The molecule has 1 atom stereocenters. The van der Waals surface area contributed by atoms with Gasteiger partial charge in [0.1, 0.15) is 4.88 Å². The maximum Gasteiger partial charge on any atom is 0.350 e. The fraction of sp³-hybridized carbons (Fsp3) is 0.636. The van der Waals surface area contributed by atoms with Crippen LogP contribution in [-0.4, -0.2) is 43.8 Å². The second kappa shape index (κ2) is 12.4. The molecule has 0 bridgehead atoms. The maximum absolute atomic E-state index is 12.7.